The van der Waals surface area contributed by atoms with E-state index in [1.54, 1.807) is 0 Å². The van der Waals surface area contributed by atoms with E-state index in [4.69, 9.17) is 0 Å². The van der Waals surface area contributed by atoms with Crippen molar-refractivity contribution < 1.29 is 0 Å². The van der Waals surface area contributed by atoms with Gasteiger partial charge in [0.25, 0.3) is 0 Å². The summed E-state index contributed by atoms with van der Waals surface area (Å²) in [6.07, 6.45) is 5.46. The van der Waals surface area contributed by atoms with Gasteiger partial charge in [-0.25, -0.2) is 0 Å². The minimum absolute atomic E-state index is 0.0395. The summed E-state index contributed by atoms with van der Waals surface area (Å²) >= 11 is 1.89. The molecule has 0 fully saturated rings. The highest BCUT2D eigenvalue weighted by Crippen LogP contribution is 2.53. The lowest BCUT2D eigenvalue weighted by Crippen LogP contribution is -2.14. The average molecular weight is 619 g/mol. The highest BCUT2D eigenvalue weighted by atomic mass is 32.1. The Bertz CT molecular complexity index is 2500. The fraction of sp³-hybridized carbons (Fsp3) is 0.0870. The number of benzene rings is 7. The summed E-state index contributed by atoms with van der Waals surface area (Å²) in [6, 6.07) is 53.9. The van der Waals surface area contributed by atoms with Crippen molar-refractivity contribution in [2.45, 2.75) is 25.7 Å². The third kappa shape index (κ3) is 4.65. The molecule has 7 aromatic carbocycles. The fourth-order valence-electron chi connectivity index (χ4n) is 7.65. The van der Waals surface area contributed by atoms with E-state index in [1.165, 1.54) is 86.6 Å². The zero-order valence-electron chi connectivity index (χ0n) is 26.6. The number of rotatable bonds is 5. The molecule has 0 amide bonds. The highest BCUT2D eigenvalue weighted by Gasteiger charge is 2.37. The Kier molecular flexibility index (Phi) is 6.52. The molecule has 0 saturated heterocycles. The summed E-state index contributed by atoms with van der Waals surface area (Å²) in [7, 11) is 0. The van der Waals surface area contributed by atoms with Crippen molar-refractivity contribution in [3.63, 3.8) is 0 Å². The quantitative estimate of drug-likeness (QED) is 0.180. The molecular weight excluding hydrogens is 585 g/mol. The summed E-state index contributed by atoms with van der Waals surface area (Å²) in [5, 5.41) is 5.30. The number of hydrogen-bond donors (Lipinski definition) is 0. The van der Waals surface area contributed by atoms with E-state index < -0.39 is 0 Å². The van der Waals surface area contributed by atoms with Gasteiger partial charge in [-0.1, -0.05) is 147 Å². The second-order valence-corrected chi connectivity index (χ2v) is 14.4. The number of fused-ring (bicyclic) bond motifs is 7. The molecule has 0 atom stereocenters. The maximum atomic E-state index is 2.41. The van der Waals surface area contributed by atoms with Crippen LogP contribution in [0.2, 0.25) is 0 Å². The Morgan fingerprint density at radius 2 is 1.28 bits per heavy atom. The maximum absolute atomic E-state index is 2.41. The molecule has 1 heteroatoms. The molecule has 0 bridgehead atoms. The van der Waals surface area contributed by atoms with Gasteiger partial charge in [-0.2, -0.15) is 0 Å². The van der Waals surface area contributed by atoms with Gasteiger partial charge in [0.05, 0.1) is 0 Å². The van der Waals surface area contributed by atoms with Gasteiger partial charge in [0, 0.05) is 25.6 Å². The van der Waals surface area contributed by atoms with Crippen molar-refractivity contribution in [2.24, 2.45) is 0 Å². The van der Waals surface area contributed by atoms with Crippen molar-refractivity contribution in [3.8, 4) is 33.4 Å². The van der Waals surface area contributed by atoms with Crippen LogP contribution in [0.1, 0.15) is 36.1 Å². The average Bonchev–Trinajstić information content (AvgIpc) is 3.60. The Hall–Kier alpha value is -5.24. The Morgan fingerprint density at radius 3 is 2.15 bits per heavy atom. The molecule has 47 heavy (non-hydrogen) atoms. The Labute approximate surface area is 280 Å². The second-order valence-electron chi connectivity index (χ2n) is 13.3. The fourth-order valence-corrected chi connectivity index (χ4v) is 8.89. The summed E-state index contributed by atoms with van der Waals surface area (Å²) in [5.74, 6) is 0. The number of hydrogen-bond acceptors (Lipinski definition) is 1. The summed E-state index contributed by atoms with van der Waals surface area (Å²) in [5.41, 5.74) is 13.2. The van der Waals surface area contributed by atoms with Gasteiger partial charge in [0.15, 0.2) is 0 Å². The Balaban J connectivity index is 0.992. The zero-order chi connectivity index (χ0) is 31.5. The van der Waals surface area contributed by atoms with E-state index in [0.717, 1.165) is 6.42 Å². The molecule has 1 heterocycles. The van der Waals surface area contributed by atoms with Gasteiger partial charge in [-0.3, -0.25) is 0 Å². The first-order chi connectivity index (χ1) is 23.0. The van der Waals surface area contributed by atoms with Crippen molar-refractivity contribution in [3.05, 3.63) is 174 Å². The summed E-state index contributed by atoms with van der Waals surface area (Å²) in [6.45, 7) is 4.73. The van der Waals surface area contributed by atoms with Crippen LogP contribution in [0.25, 0.3) is 70.4 Å². The number of allylic oxidation sites excluding steroid dienone is 1. The van der Waals surface area contributed by atoms with E-state index >= 15 is 0 Å². The van der Waals surface area contributed by atoms with Gasteiger partial charge in [-0.15, -0.1) is 11.3 Å². The zero-order valence-corrected chi connectivity index (χ0v) is 27.4. The normalized spacial score (nSPS) is 13.5. The largest absolute Gasteiger partial charge is 0.135 e. The summed E-state index contributed by atoms with van der Waals surface area (Å²) in [4.78, 5) is 0. The van der Waals surface area contributed by atoms with Crippen molar-refractivity contribution in [2.75, 3.05) is 0 Å². The SMILES string of the molecule is CC1(C)c2cc3ccccc3cc2-c2c(-c3cccc(/C=C/Cc4ccc(-c5cccc6c5sc5ccccc56)cc4)c3)cccc21. The molecule has 8 aromatic rings. The molecule has 0 nitrogen and oxygen atoms in total. The van der Waals surface area contributed by atoms with Crippen LogP contribution < -0.4 is 0 Å². The van der Waals surface area contributed by atoms with Gasteiger partial charge in [0.2, 0.25) is 0 Å². The van der Waals surface area contributed by atoms with E-state index in [-0.39, 0.29) is 5.41 Å². The maximum Gasteiger partial charge on any atom is 0.0433 e. The lowest BCUT2D eigenvalue weighted by molar-refractivity contribution is 0.661. The predicted octanol–water partition coefficient (Wildman–Crippen LogP) is 13.1. The first-order valence-corrected chi connectivity index (χ1v) is 17.3. The van der Waals surface area contributed by atoms with Crippen LogP contribution >= 0.6 is 11.3 Å². The minimum atomic E-state index is -0.0395. The standard InChI is InChI=1S/C46H34S/c1-46(2)41-21-10-18-36(44(41)40-28-33-14-3-4-15-34(33)29-42(40)46)35-16-8-13-31(27-35)12-7-11-30-23-25-32(26-24-30)37-19-9-20-39-38-17-5-6-22-43(38)47-45(37)39/h3-10,12-29H,11H2,1-2H3/b12-7+. The van der Waals surface area contributed by atoms with Crippen LogP contribution in [0, 0.1) is 0 Å². The molecule has 9 rings (SSSR count). The molecule has 0 unspecified atom stereocenters. The van der Waals surface area contributed by atoms with Crippen LogP contribution in [0.15, 0.2) is 152 Å². The molecule has 1 aliphatic carbocycles. The van der Waals surface area contributed by atoms with Crippen LogP contribution in [-0.4, -0.2) is 0 Å². The third-order valence-corrected chi connectivity index (χ3v) is 11.3. The van der Waals surface area contributed by atoms with E-state index in [9.17, 15) is 0 Å². The van der Waals surface area contributed by atoms with Crippen LogP contribution in [0.5, 0.6) is 0 Å². The third-order valence-electron chi connectivity index (χ3n) is 10.1. The topological polar surface area (TPSA) is 0 Å². The highest BCUT2D eigenvalue weighted by molar-refractivity contribution is 7.26. The predicted molar refractivity (Wildman–Crippen MR) is 204 cm³/mol. The lowest BCUT2D eigenvalue weighted by Gasteiger charge is -2.22. The second kappa shape index (κ2) is 10.9. The van der Waals surface area contributed by atoms with Gasteiger partial charge >= 0.3 is 0 Å². The van der Waals surface area contributed by atoms with Crippen LogP contribution in [0.4, 0.5) is 0 Å². The molecule has 0 spiro atoms. The lowest BCUT2D eigenvalue weighted by atomic mass is 9.81. The van der Waals surface area contributed by atoms with Crippen molar-refractivity contribution in [1.82, 2.24) is 0 Å². The van der Waals surface area contributed by atoms with Gasteiger partial charge in [0.1, 0.15) is 0 Å². The van der Waals surface area contributed by atoms with E-state index in [1.807, 2.05) is 11.3 Å². The molecule has 0 radical (unpaired) electrons. The van der Waals surface area contributed by atoms with Crippen LogP contribution in [0.3, 0.4) is 0 Å². The molecule has 224 valence electrons. The van der Waals surface area contributed by atoms with E-state index in [2.05, 4.69) is 172 Å². The van der Waals surface area contributed by atoms with E-state index in [0.29, 0.717) is 0 Å². The first kappa shape index (κ1) is 28.0. The van der Waals surface area contributed by atoms with Crippen molar-refractivity contribution >= 4 is 48.4 Å². The van der Waals surface area contributed by atoms with Crippen molar-refractivity contribution in [1.29, 1.82) is 0 Å². The van der Waals surface area contributed by atoms with Gasteiger partial charge < -0.3 is 0 Å². The molecule has 1 aromatic heterocycles. The molecule has 1 aliphatic rings. The molecule has 0 aliphatic heterocycles. The van der Waals surface area contributed by atoms with Gasteiger partial charge in [-0.05, 0) is 97.1 Å². The smallest absolute Gasteiger partial charge is 0.0433 e. The number of thiophene rings is 1. The minimum Gasteiger partial charge on any atom is -0.135 e. The summed E-state index contributed by atoms with van der Waals surface area (Å²) < 4.78 is 2.71. The Morgan fingerprint density at radius 1 is 0.553 bits per heavy atom. The molecule has 0 N–H and O–H groups in total. The molecule has 0 saturated carbocycles. The monoisotopic (exact) mass is 618 g/mol. The first-order valence-electron chi connectivity index (χ1n) is 16.5. The van der Waals surface area contributed by atoms with Crippen LogP contribution in [-0.2, 0) is 11.8 Å². The molecular formula is C46H34S.